The van der Waals surface area contributed by atoms with E-state index < -0.39 is 0 Å². The molecule has 94 valence electrons. The average molecular weight is 237 g/mol. The number of carbonyl (C=O) groups is 1. The summed E-state index contributed by atoms with van der Waals surface area (Å²) in [4.78, 5) is 11.6. The van der Waals surface area contributed by atoms with Crippen LogP contribution < -0.4 is 5.32 Å². The maximum atomic E-state index is 12.8. The van der Waals surface area contributed by atoms with Gasteiger partial charge in [-0.2, -0.15) is 0 Å². The highest BCUT2D eigenvalue weighted by Gasteiger charge is 2.17. The Labute approximate surface area is 102 Å². The smallest absolute Gasteiger partial charge is 0.220 e. The Kier molecular flexibility index (Phi) is 5.13. The molecule has 2 nitrogen and oxygen atoms in total. The summed E-state index contributed by atoms with van der Waals surface area (Å²) in [6.45, 7) is 6.06. The van der Waals surface area contributed by atoms with E-state index in [0.717, 1.165) is 12.0 Å². The first-order valence-electron chi connectivity index (χ1n) is 6.09. The summed E-state index contributed by atoms with van der Waals surface area (Å²) in [5.41, 5.74) is 0.950. The van der Waals surface area contributed by atoms with Crippen LogP contribution in [-0.2, 0) is 4.79 Å². The van der Waals surface area contributed by atoms with Crippen molar-refractivity contribution in [3.05, 3.63) is 35.6 Å². The third-order valence-electron chi connectivity index (χ3n) is 2.69. The topological polar surface area (TPSA) is 29.1 Å². The fourth-order valence-electron chi connectivity index (χ4n) is 1.78. The number of rotatable bonds is 5. The molecule has 0 aliphatic carbocycles. The van der Waals surface area contributed by atoms with Gasteiger partial charge in [-0.15, -0.1) is 0 Å². The summed E-state index contributed by atoms with van der Waals surface area (Å²) in [6, 6.07) is 6.26. The molecule has 1 rings (SSSR count). The van der Waals surface area contributed by atoms with Gasteiger partial charge in [0.25, 0.3) is 0 Å². The van der Waals surface area contributed by atoms with E-state index in [1.807, 2.05) is 20.8 Å². The summed E-state index contributed by atoms with van der Waals surface area (Å²) >= 11 is 0. The Morgan fingerprint density at radius 1 is 1.29 bits per heavy atom. The maximum Gasteiger partial charge on any atom is 0.220 e. The lowest BCUT2D eigenvalue weighted by molar-refractivity contribution is -0.122. The highest BCUT2D eigenvalue weighted by molar-refractivity contribution is 5.76. The predicted molar refractivity (Wildman–Crippen MR) is 67.0 cm³/mol. The van der Waals surface area contributed by atoms with E-state index in [1.54, 1.807) is 12.1 Å². The largest absolute Gasteiger partial charge is 0.349 e. The van der Waals surface area contributed by atoms with Crippen LogP contribution in [0.15, 0.2) is 24.3 Å². The van der Waals surface area contributed by atoms with Gasteiger partial charge in [-0.3, -0.25) is 4.79 Å². The number of hydrogen-bond acceptors (Lipinski definition) is 1. The summed E-state index contributed by atoms with van der Waals surface area (Å²) in [6.07, 6.45) is 1.37. The van der Waals surface area contributed by atoms with Crippen molar-refractivity contribution in [2.75, 3.05) is 0 Å². The Hall–Kier alpha value is -1.38. The molecule has 0 radical (unpaired) electrons. The zero-order chi connectivity index (χ0) is 12.8. The molecule has 0 aliphatic heterocycles. The molecule has 1 N–H and O–H groups in total. The molecule has 0 aliphatic rings. The van der Waals surface area contributed by atoms with Gasteiger partial charge in [0.15, 0.2) is 0 Å². The van der Waals surface area contributed by atoms with E-state index in [-0.39, 0.29) is 23.7 Å². The van der Waals surface area contributed by atoms with E-state index in [4.69, 9.17) is 0 Å². The van der Waals surface area contributed by atoms with Gasteiger partial charge < -0.3 is 5.32 Å². The third kappa shape index (κ3) is 4.17. The molecule has 1 aromatic rings. The molecule has 0 aromatic heterocycles. The lowest BCUT2D eigenvalue weighted by Gasteiger charge is -2.23. The minimum Gasteiger partial charge on any atom is -0.349 e. The second-order valence-corrected chi connectivity index (χ2v) is 4.59. The van der Waals surface area contributed by atoms with Crippen molar-refractivity contribution >= 4 is 5.91 Å². The molecule has 0 fully saturated rings. The van der Waals surface area contributed by atoms with Gasteiger partial charge >= 0.3 is 0 Å². The summed E-state index contributed by atoms with van der Waals surface area (Å²) < 4.78 is 12.8. The first kappa shape index (κ1) is 13.7. The Morgan fingerprint density at radius 3 is 2.35 bits per heavy atom. The second kappa shape index (κ2) is 6.38. The predicted octanol–water partition coefficient (Wildman–Crippen LogP) is 3.44. The number of benzene rings is 1. The Balaban J connectivity index is 2.79. The van der Waals surface area contributed by atoms with Crippen molar-refractivity contribution in [3.63, 3.8) is 0 Å². The fourth-order valence-corrected chi connectivity index (χ4v) is 1.78. The molecule has 1 amide bonds. The first-order chi connectivity index (χ1) is 8.04. The number of carbonyl (C=O) groups excluding carboxylic acids is 1. The van der Waals surface area contributed by atoms with Crippen LogP contribution in [0.3, 0.4) is 0 Å². The Morgan fingerprint density at radius 2 is 1.88 bits per heavy atom. The van der Waals surface area contributed by atoms with Crippen LogP contribution in [0.1, 0.15) is 45.2 Å². The van der Waals surface area contributed by atoms with Crippen molar-refractivity contribution in [2.45, 2.75) is 39.7 Å². The van der Waals surface area contributed by atoms with Crippen LogP contribution in [0.25, 0.3) is 0 Å². The lowest BCUT2D eigenvalue weighted by Crippen LogP contribution is -2.31. The quantitative estimate of drug-likeness (QED) is 0.835. The number of hydrogen-bond donors (Lipinski definition) is 1. The van der Waals surface area contributed by atoms with Crippen LogP contribution in [0, 0.1) is 11.7 Å². The summed E-state index contributed by atoms with van der Waals surface area (Å²) in [5, 5.41) is 2.99. The molecule has 1 unspecified atom stereocenters. The molecule has 17 heavy (non-hydrogen) atoms. The van der Waals surface area contributed by atoms with Gasteiger partial charge in [0, 0.05) is 6.42 Å². The third-order valence-corrected chi connectivity index (χ3v) is 2.69. The molecule has 0 saturated carbocycles. The minimum atomic E-state index is -0.254. The first-order valence-corrected chi connectivity index (χ1v) is 6.09. The van der Waals surface area contributed by atoms with Crippen molar-refractivity contribution in [1.82, 2.24) is 5.32 Å². The van der Waals surface area contributed by atoms with Crippen LogP contribution in [-0.4, -0.2) is 5.91 Å². The molecule has 0 bridgehead atoms. The van der Waals surface area contributed by atoms with Gasteiger partial charge in [-0.25, -0.2) is 4.39 Å². The molecule has 3 heteroatoms. The average Bonchev–Trinajstić information content (AvgIpc) is 2.27. The van der Waals surface area contributed by atoms with Crippen molar-refractivity contribution < 1.29 is 9.18 Å². The van der Waals surface area contributed by atoms with Crippen molar-refractivity contribution in [2.24, 2.45) is 5.92 Å². The molecule has 0 saturated heterocycles. The molecule has 0 spiro atoms. The van der Waals surface area contributed by atoms with Gasteiger partial charge in [0.05, 0.1) is 6.04 Å². The van der Waals surface area contributed by atoms with Gasteiger partial charge in [0.2, 0.25) is 5.91 Å². The fraction of sp³-hybridized carbons (Fsp3) is 0.500. The van der Waals surface area contributed by atoms with Crippen LogP contribution in [0.2, 0.25) is 0 Å². The Bertz CT molecular complexity index is 359. The lowest BCUT2D eigenvalue weighted by atomic mass is 9.96. The molecular weight excluding hydrogens is 217 g/mol. The number of halogens is 1. The normalized spacial score (nSPS) is 12.5. The standard InChI is InChI=1S/C14H20FNO/c1-4-5-13(17)16-14(10(2)3)11-6-8-12(15)9-7-11/h6-10,14H,4-5H2,1-3H3,(H,16,17). The SMILES string of the molecule is CCCC(=O)NC(c1ccc(F)cc1)C(C)C. The highest BCUT2D eigenvalue weighted by Crippen LogP contribution is 2.22. The van der Waals surface area contributed by atoms with E-state index in [0.29, 0.717) is 6.42 Å². The number of amides is 1. The van der Waals surface area contributed by atoms with E-state index in [9.17, 15) is 9.18 Å². The van der Waals surface area contributed by atoms with Crippen LogP contribution in [0.4, 0.5) is 4.39 Å². The molecule has 1 aromatic carbocycles. The zero-order valence-corrected chi connectivity index (χ0v) is 10.7. The highest BCUT2D eigenvalue weighted by atomic mass is 19.1. The van der Waals surface area contributed by atoms with Gasteiger partial charge in [-0.05, 0) is 30.0 Å². The molecular formula is C14H20FNO. The minimum absolute atomic E-state index is 0.0466. The molecule has 1 atom stereocenters. The van der Waals surface area contributed by atoms with E-state index >= 15 is 0 Å². The van der Waals surface area contributed by atoms with Crippen molar-refractivity contribution in [3.8, 4) is 0 Å². The monoisotopic (exact) mass is 237 g/mol. The van der Waals surface area contributed by atoms with Gasteiger partial charge in [0.1, 0.15) is 5.82 Å². The van der Waals surface area contributed by atoms with Crippen molar-refractivity contribution in [1.29, 1.82) is 0 Å². The van der Waals surface area contributed by atoms with E-state index in [2.05, 4.69) is 5.32 Å². The van der Waals surface area contributed by atoms with E-state index in [1.165, 1.54) is 12.1 Å². The summed E-state index contributed by atoms with van der Waals surface area (Å²) in [7, 11) is 0. The maximum absolute atomic E-state index is 12.8. The van der Waals surface area contributed by atoms with Crippen LogP contribution in [0.5, 0.6) is 0 Å². The number of nitrogens with one attached hydrogen (secondary N) is 1. The second-order valence-electron chi connectivity index (χ2n) is 4.59. The summed E-state index contributed by atoms with van der Waals surface area (Å²) in [5.74, 6) is 0.0768. The molecule has 0 heterocycles. The zero-order valence-electron chi connectivity index (χ0n) is 10.7. The van der Waals surface area contributed by atoms with Crippen LogP contribution >= 0.6 is 0 Å². The van der Waals surface area contributed by atoms with Gasteiger partial charge in [-0.1, -0.05) is 32.9 Å².